The second-order valence-corrected chi connectivity index (χ2v) is 5.96. The molecule has 2 heteroatoms. The summed E-state index contributed by atoms with van der Waals surface area (Å²) in [5.74, 6) is 0.116. The van der Waals surface area contributed by atoms with Gasteiger partial charge in [-0.25, -0.2) is 0 Å². The molecule has 1 heterocycles. The predicted octanol–water partition coefficient (Wildman–Crippen LogP) is 3.91. The van der Waals surface area contributed by atoms with Crippen molar-refractivity contribution >= 4 is 5.78 Å². The van der Waals surface area contributed by atoms with E-state index in [4.69, 9.17) is 0 Å². The number of rotatable bonds is 4. The van der Waals surface area contributed by atoms with Crippen LogP contribution in [0.5, 0.6) is 0 Å². The topological polar surface area (TPSA) is 20.3 Å². The van der Waals surface area contributed by atoms with Crippen molar-refractivity contribution in [3.8, 4) is 0 Å². The maximum absolute atomic E-state index is 12.7. The summed E-state index contributed by atoms with van der Waals surface area (Å²) in [6.07, 6.45) is 4.39. The first-order valence-electron chi connectivity index (χ1n) is 7.72. The molecule has 0 bridgehead atoms. The Morgan fingerprint density at radius 1 is 0.955 bits per heavy atom. The average Bonchev–Trinajstić information content (AvgIpc) is 3.00. The fraction of sp³-hybridized carbons (Fsp3) is 0.250. The van der Waals surface area contributed by atoms with Crippen LogP contribution in [-0.2, 0) is 6.54 Å². The van der Waals surface area contributed by atoms with Gasteiger partial charge in [0.15, 0.2) is 5.78 Å². The van der Waals surface area contributed by atoms with Gasteiger partial charge < -0.3 is 0 Å². The second-order valence-electron chi connectivity index (χ2n) is 5.96. The summed E-state index contributed by atoms with van der Waals surface area (Å²) in [5, 5.41) is 0. The minimum atomic E-state index is 0.116. The largest absolute Gasteiger partial charge is 0.292 e. The van der Waals surface area contributed by atoms with Gasteiger partial charge in [0.05, 0.1) is 0 Å². The highest BCUT2D eigenvalue weighted by atomic mass is 16.1. The number of benzene rings is 2. The van der Waals surface area contributed by atoms with Gasteiger partial charge in [0.1, 0.15) is 0 Å². The fourth-order valence-corrected chi connectivity index (χ4v) is 2.99. The number of aryl methyl sites for hydroxylation is 2. The van der Waals surface area contributed by atoms with E-state index in [2.05, 4.69) is 29.2 Å². The molecule has 0 amide bonds. The number of hydrogen-bond acceptors (Lipinski definition) is 2. The molecule has 0 unspecified atom stereocenters. The molecule has 0 aromatic heterocycles. The van der Waals surface area contributed by atoms with E-state index in [1.54, 1.807) is 0 Å². The molecule has 2 nitrogen and oxygen atoms in total. The molecule has 2 aromatic rings. The van der Waals surface area contributed by atoms with Gasteiger partial charge in [-0.15, -0.1) is 0 Å². The monoisotopic (exact) mass is 291 g/mol. The maximum atomic E-state index is 12.7. The molecule has 1 aliphatic heterocycles. The number of ketones is 1. The molecule has 0 fully saturated rings. The Morgan fingerprint density at radius 3 is 2.14 bits per heavy atom. The van der Waals surface area contributed by atoms with Crippen molar-refractivity contribution in [3.63, 3.8) is 0 Å². The van der Waals surface area contributed by atoms with Crippen molar-refractivity contribution in [2.75, 3.05) is 13.1 Å². The Hall–Kier alpha value is -2.19. The van der Waals surface area contributed by atoms with Crippen LogP contribution >= 0.6 is 0 Å². The van der Waals surface area contributed by atoms with Gasteiger partial charge >= 0.3 is 0 Å². The van der Waals surface area contributed by atoms with Gasteiger partial charge in [-0.05, 0) is 30.5 Å². The van der Waals surface area contributed by atoms with E-state index >= 15 is 0 Å². The zero-order valence-corrected chi connectivity index (χ0v) is 13.2. The minimum absolute atomic E-state index is 0.116. The molecule has 0 spiro atoms. The van der Waals surface area contributed by atoms with Crippen molar-refractivity contribution < 1.29 is 4.79 Å². The zero-order valence-electron chi connectivity index (χ0n) is 13.2. The van der Waals surface area contributed by atoms with Crippen LogP contribution in [0.15, 0.2) is 54.6 Å². The van der Waals surface area contributed by atoms with Crippen LogP contribution in [0.25, 0.3) is 0 Å². The third kappa shape index (κ3) is 3.02. The van der Waals surface area contributed by atoms with E-state index in [1.807, 2.05) is 44.2 Å². The lowest BCUT2D eigenvalue weighted by Crippen LogP contribution is -2.19. The molecule has 0 atom stereocenters. The Kier molecular flexibility index (Phi) is 4.21. The Balaban J connectivity index is 1.79. The molecule has 112 valence electrons. The van der Waals surface area contributed by atoms with E-state index in [0.29, 0.717) is 0 Å². The van der Waals surface area contributed by atoms with E-state index in [9.17, 15) is 4.79 Å². The standard InChI is InChI=1S/C20H21NO/c1-15-6-5-7-16(2)19(15)20(22)18-10-8-17(9-11-18)14-21-12-3-4-13-21/h3-11H,12-14H2,1-2H3. The van der Waals surface area contributed by atoms with Crippen LogP contribution in [0.2, 0.25) is 0 Å². The fourth-order valence-electron chi connectivity index (χ4n) is 2.99. The quantitative estimate of drug-likeness (QED) is 0.629. The molecule has 2 aromatic carbocycles. The summed E-state index contributed by atoms with van der Waals surface area (Å²) in [7, 11) is 0. The number of hydrogen-bond donors (Lipinski definition) is 0. The van der Waals surface area contributed by atoms with Gasteiger partial charge in [-0.1, -0.05) is 54.6 Å². The lowest BCUT2D eigenvalue weighted by molar-refractivity contribution is 0.103. The highest BCUT2D eigenvalue weighted by molar-refractivity contribution is 6.10. The van der Waals surface area contributed by atoms with Gasteiger partial charge in [0.25, 0.3) is 0 Å². The Morgan fingerprint density at radius 2 is 1.55 bits per heavy atom. The molecule has 1 aliphatic rings. The van der Waals surface area contributed by atoms with Gasteiger partial charge in [0.2, 0.25) is 0 Å². The minimum Gasteiger partial charge on any atom is -0.292 e. The summed E-state index contributed by atoms with van der Waals surface area (Å²) >= 11 is 0. The van der Waals surface area contributed by atoms with E-state index in [1.165, 1.54) is 5.56 Å². The van der Waals surface area contributed by atoms with Crippen molar-refractivity contribution in [2.45, 2.75) is 20.4 Å². The molecule has 0 radical (unpaired) electrons. The smallest absolute Gasteiger partial charge is 0.193 e. The average molecular weight is 291 g/mol. The third-order valence-electron chi connectivity index (χ3n) is 4.22. The summed E-state index contributed by atoms with van der Waals surface area (Å²) < 4.78 is 0. The van der Waals surface area contributed by atoms with E-state index in [0.717, 1.165) is 41.9 Å². The molecular formula is C20H21NO. The van der Waals surface area contributed by atoms with E-state index < -0.39 is 0 Å². The Labute approximate surface area is 132 Å². The number of carbonyl (C=O) groups is 1. The summed E-state index contributed by atoms with van der Waals surface area (Å²) in [5.41, 5.74) is 4.93. The molecule has 22 heavy (non-hydrogen) atoms. The highest BCUT2D eigenvalue weighted by Crippen LogP contribution is 2.19. The Bertz CT molecular complexity index is 685. The maximum Gasteiger partial charge on any atom is 0.193 e. The number of carbonyl (C=O) groups excluding carboxylic acids is 1. The third-order valence-corrected chi connectivity index (χ3v) is 4.22. The molecular weight excluding hydrogens is 270 g/mol. The first-order chi connectivity index (χ1) is 10.6. The van der Waals surface area contributed by atoms with Crippen molar-refractivity contribution in [1.29, 1.82) is 0 Å². The second kappa shape index (κ2) is 6.29. The molecule has 0 saturated heterocycles. The molecule has 0 N–H and O–H groups in total. The van der Waals surface area contributed by atoms with Crippen LogP contribution in [0, 0.1) is 13.8 Å². The van der Waals surface area contributed by atoms with Crippen LogP contribution in [0.4, 0.5) is 0 Å². The lowest BCUT2D eigenvalue weighted by atomic mass is 9.94. The van der Waals surface area contributed by atoms with Crippen molar-refractivity contribution in [3.05, 3.63) is 82.4 Å². The first kappa shape index (κ1) is 14.7. The summed E-state index contributed by atoms with van der Waals surface area (Å²) in [6.45, 7) is 6.96. The van der Waals surface area contributed by atoms with Crippen LogP contribution in [0.1, 0.15) is 32.6 Å². The van der Waals surface area contributed by atoms with Gasteiger partial charge in [-0.2, -0.15) is 0 Å². The lowest BCUT2D eigenvalue weighted by Gasteiger charge is -2.15. The molecule has 0 aliphatic carbocycles. The summed E-state index contributed by atoms with van der Waals surface area (Å²) in [6, 6.07) is 14.0. The van der Waals surface area contributed by atoms with Gasteiger partial charge in [0, 0.05) is 30.8 Å². The SMILES string of the molecule is Cc1cccc(C)c1C(=O)c1ccc(CN2CC=CC2)cc1. The molecule has 3 rings (SSSR count). The van der Waals surface area contributed by atoms with Crippen molar-refractivity contribution in [1.82, 2.24) is 4.90 Å². The van der Waals surface area contributed by atoms with Crippen molar-refractivity contribution in [2.24, 2.45) is 0 Å². The number of nitrogens with zero attached hydrogens (tertiary/aromatic N) is 1. The van der Waals surface area contributed by atoms with Gasteiger partial charge in [-0.3, -0.25) is 9.69 Å². The van der Waals surface area contributed by atoms with Crippen LogP contribution in [0.3, 0.4) is 0 Å². The first-order valence-corrected chi connectivity index (χ1v) is 7.72. The van der Waals surface area contributed by atoms with Crippen LogP contribution in [-0.4, -0.2) is 23.8 Å². The zero-order chi connectivity index (χ0) is 15.5. The van der Waals surface area contributed by atoms with E-state index in [-0.39, 0.29) is 5.78 Å². The molecule has 0 saturated carbocycles. The van der Waals surface area contributed by atoms with Crippen LogP contribution < -0.4 is 0 Å². The summed E-state index contributed by atoms with van der Waals surface area (Å²) in [4.78, 5) is 15.1. The predicted molar refractivity (Wildman–Crippen MR) is 90.2 cm³/mol. The highest BCUT2D eigenvalue weighted by Gasteiger charge is 2.14. The normalized spacial score (nSPS) is 14.5.